The van der Waals surface area contributed by atoms with Crippen molar-refractivity contribution in [3.8, 4) is 0 Å². The summed E-state index contributed by atoms with van der Waals surface area (Å²) in [6, 6.07) is 20.5. The molecule has 0 aliphatic heterocycles. The molecular weight excluding hydrogens is 227 g/mol. The van der Waals surface area contributed by atoms with Crippen molar-refractivity contribution in [2.24, 2.45) is 0 Å². The van der Waals surface area contributed by atoms with E-state index in [4.69, 9.17) is 0 Å². The van der Waals surface area contributed by atoms with Crippen LogP contribution in [0.2, 0.25) is 3.67 Å². The Kier molecular flexibility index (Phi) is 7.43. The molecule has 0 saturated heterocycles. The molecule has 0 aromatic heterocycles. The van der Waals surface area contributed by atoms with Gasteiger partial charge in [-0.15, -0.1) is 0 Å². The Hall–Kier alpha value is -1.08. The van der Waals surface area contributed by atoms with Crippen molar-refractivity contribution in [1.29, 1.82) is 0 Å². The summed E-state index contributed by atoms with van der Waals surface area (Å²) >= 11 is 1.27. The minimum atomic E-state index is 1.08. The maximum atomic E-state index is 4.10. The monoisotopic (exact) mass is 244 g/mol. The third kappa shape index (κ3) is 5.05. The fourth-order valence-corrected chi connectivity index (χ4v) is 1.45. The second-order valence-corrected chi connectivity index (χ2v) is 4.72. The molecule has 0 aliphatic carbocycles. The molecule has 0 saturated carbocycles. The normalized spacial score (nSPS) is 9.00. The van der Waals surface area contributed by atoms with Crippen LogP contribution in [0.4, 0.5) is 0 Å². The third-order valence-corrected chi connectivity index (χ3v) is 3.11. The molecule has 2 aromatic carbocycles. The van der Waals surface area contributed by atoms with Crippen LogP contribution in [0.1, 0.15) is 11.1 Å². The van der Waals surface area contributed by atoms with E-state index in [1.807, 2.05) is 42.5 Å². The molecule has 1 heteroatoms. The zero-order chi connectivity index (χ0) is 13.2. The molecule has 2 aromatic rings. The Morgan fingerprint density at radius 3 is 1.50 bits per heavy atom. The third-order valence-electron chi connectivity index (χ3n) is 2.53. The maximum absolute atomic E-state index is 4.10. The summed E-state index contributed by atoms with van der Waals surface area (Å²) in [5.74, 6) is 0. The Morgan fingerprint density at radius 1 is 0.889 bits per heavy atom. The Morgan fingerprint density at radius 2 is 1.22 bits per heavy atom. The van der Waals surface area contributed by atoms with Gasteiger partial charge in [0.2, 0.25) is 0 Å². The standard InChI is InChI=1S/C14H12.C3H5.Na/c1-12(13-8-4-2-5-9-13)14-10-6-3-7-11-14;1-3-2;/h2-11H,1H2;3H,1-2H2;. The van der Waals surface area contributed by atoms with Crippen molar-refractivity contribution >= 4 is 33.5 Å². The summed E-state index contributed by atoms with van der Waals surface area (Å²) in [5, 5.41) is 0. The van der Waals surface area contributed by atoms with E-state index in [0.717, 1.165) is 5.57 Å². The van der Waals surface area contributed by atoms with Crippen molar-refractivity contribution in [3.63, 3.8) is 0 Å². The van der Waals surface area contributed by atoms with E-state index in [9.17, 15) is 0 Å². The molecule has 0 radical (unpaired) electrons. The molecule has 0 N–H and O–H groups in total. The van der Waals surface area contributed by atoms with E-state index in [1.165, 1.54) is 42.7 Å². The van der Waals surface area contributed by atoms with Crippen LogP contribution in [0.5, 0.6) is 0 Å². The molecule has 86 valence electrons. The van der Waals surface area contributed by atoms with Crippen molar-refractivity contribution < 1.29 is 0 Å². The van der Waals surface area contributed by atoms with Gasteiger partial charge in [-0.3, -0.25) is 0 Å². The van der Waals surface area contributed by atoms with E-state index in [2.05, 4.69) is 37.4 Å². The van der Waals surface area contributed by atoms with E-state index in [0.29, 0.717) is 0 Å². The summed E-state index contributed by atoms with van der Waals surface area (Å²) in [6.07, 6.45) is 1.94. The summed E-state index contributed by atoms with van der Waals surface area (Å²) in [5.41, 5.74) is 3.43. The van der Waals surface area contributed by atoms with Gasteiger partial charge in [-0.2, -0.15) is 0 Å². The minimum absolute atomic E-state index is 1.08. The Balaban J connectivity index is 0.000000357. The first kappa shape index (κ1) is 15.0. The fraction of sp³-hybridized carbons (Fsp3) is 0.0588. The van der Waals surface area contributed by atoms with Crippen LogP contribution in [0.15, 0.2) is 79.9 Å². The van der Waals surface area contributed by atoms with Crippen molar-refractivity contribution in [2.45, 2.75) is 3.67 Å². The zero-order valence-corrected chi connectivity index (χ0v) is 13.0. The van der Waals surface area contributed by atoms with Crippen LogP contribution >= 0.6 is 0 Å². The van der Waals surface area contributed by atoms with Gasteiger partial charge in [-0.1, -0.05) is 67.2 Å². The van der Waals surface area contributed by atoms with Gasteiger partial charge in [0.1, 0.15) is 0 Å². The van der Waals surface area contributed by atoms with Crippen molar-refractivity contribution in [2.75, 3.05) is 0 Å². The van der Waals surface area contributed by atoms with Crippen LogP contribution in [0.25, 0.3) is 5.57 Å². The number of allylic oxidation sites excluding steroid dienone is 1. The predicted octanol–water partition coefficient (Wildman–Crippen LogP) is 4.51. The van der Waals surface area contributed by atoms with Gasteiger partial charge in [0, 0.05) is 0 Å². The van der Waals surface area contributed by atoms with Crippen LogP contribution in [0.3, 0.4) is 0 Å². The van der Waals surface area contributed by atoms with Gasteiger partial charge in [0.05, 0.1) is 0 Å². The number of hydrogen-bond acceptors (Lipinski definition) is 0. The molecule has 0 amide bonds. The van der Waals surface area contributed by atoms with Crippen LogP contribution in [-0.2, 0) is 0 Å². The van der Waals surface area contributed by atoms with E-state index >= 15 is 0 Å². The first-order chi connectivity index (χ1) is 8.79. The molecule has 2 rings (SSSR count). The van der Waals surface area contributed by atoms with Gasteiger partial charge < -0.3 is 0 Å². The Labute approximate surface area is 127 Å². The molecule has 0 atom stereocenters. The van der Waals surface area contributed by atoms with Gasteiger partial charge in [-0.05, 0) is 16.7 Å². The summed E-state index contributed by atoms with van der Waals surface area (Å²) < 4.78 is 1.22. The van der Waals surface area contributed by atoms with E-state index < -0.39 is 0 Å². The fourth-order valence-electron chi connectivity index (χ4n) is 1.45. The van der Waals surface area contributed by atoms with Crippen LogP contribution < -0.4 is 0 Å². The number of hydrogen-bond donors (Lipinski definition) is 0. The second-order valence-electron chi connectivity index (χ2n) is 3.91. The quantitative estimate of drug-likeness (QED) is 0.550. The molecule has 0 bridgehead atoms. The van der Waals surface area contributed by atoms with Gasteiger partial charge in [-0.25, -0.2) is 0 Å². The Bertz CT molecular complexity index is 430. The molecule has 0 unspecified atom stereocenters. The summed E-state index contributed by atoms with van der Waals surface area (Å²) in [6.45, 7) is 7.61. The molecular formula is C17H17Na. The summed E-state index contributed by atoms with van der Waals surface area (Å²) in [4.78, 5) is 0. The van der Waals surface area contributed by atoms with Gasteiger partial charge in [0.25, 0.3) is 0 Å². The molecule has 0 spiro atoms. The summed E-state index contributed by atoms with van der Waals surface area (Å²) in [7, 11) is 0. The molecule has 0 heterocycles. The van der Waals surface area contributed by atoms with Crippen LogP contribution in [0, 0.1) is 0 Å². The second kappa shape index (κ2) is 8.93. The molecule has 0 nitrogen and oxygen atoms in total. The van der Waals surface area contributed by atoms with Crippen LogP contribution in [-0.4, -0.2) is 27.9 Å². The topological polar surface area (TPSA) is 0 Å². The SMILES string of the molecule is C=C(c1ccccc1)c1ccccc1.C=C[CH2][Na]. The van der Waals surface area contributed by atoms with Gasteiger partial charge in [0.15, 0.2) is 0 Å². The molecule has 18 heavy (non-hydrogen) atoms. The average molecular weight is 244 g/mol. The van der Waals surface area contributed by atoms with Crippen molar-refractivity contribution in [1.82, 2.24) is 0 Å². The van der Waals surface area contributed by atoms with E-state index in [-0.39, 0.29) is 0 Å². The average Bonchev–Trinajstić information content (AvgIpc) is 2.48. The van der Waals surface area contributed by atoms with Crippen molar-refractivity contribution in [3.05, 3.63) is 91.0 Å². The first-order valence-electron chi connectivity index (χ1n) is 6.20. The van der Waals surface area contributed by atoms with Gasteiger partial charge >= 0.3 is 44.3 Å². The number of benzene rings is 2. The number of rotatable bonds is 3. The van der Waals surface area contributed by atoms with E-state index in [1.54, 1.807) is 0 Å². The zero-order valence-electron chi connectivity index (χ0n) is 11.0. The predicted molar refractivity (Wildman–Crippen MR) is 81.8 cm³/mol. The first-order valence-corrected chi connectivity index (χ1v) is 7.61. The molecule has 0 fully saturated rings. The molecule has 0 aliphatic rings.